The molecule has 0 aromatic heterocycles. The number of benzene rings is 2. The van der Waals surface area contributed by atoms with Gasteiger partial charge in [-0.25, -0.2) is 0 Å². The van der Waals surface area contributed by atoms with E-state index in [0.717, 1.165) is 22.4 Å². The smallest absolute Gasteiger partial charge is 0.261 e. The lowest BCUT2D eigenvalue weighted by atomic mass is 10.1. The number of hydrogen-bond donors (Lipinski definition) is 1. The molecule has 158 valence electrons. The molecule has 0 aliphatic rings. The SMILES string of the molecule is CCOc1ccc([C@H](C)NC(=O)[C@H](CC)Oc2cccc(C)c2C)cc1OCC. The summed E-state index contributed by atoms with van der Waals surface area (Å²) in [6, 6.07) is 11.5. The van der Waals surface area contributed by atoms with Crippen molar-refractivity contribution in [1.82, 2.24) is 5.32 Å². The minimum absolute atomic E-state index is 0.132. The fourth-order valence-electron chi connectivity index (χ4n) is 3.05. The highest BCUT2D eigenvalue weighted by atomic mass is 16.5. The molecule has 1 N–H and O–H groups in total. The lowest BCUT2D eigenvalue weighted by Crippen LogP contribution is -2.39. The van der Waals surface area contributed by atoms with E-state index in [-0.39, 0.29) is 11.9 Å². The van der Waals surface area contributed by atoms with Crippen molar-refractivity contribution in [2.24, 2.45) is 0 Å². The van der Waals surface area contributed by atoms with Crippen molar-refractivity contribution < 1.29 is 19.0 Å². The summed E-state index contributed by atoms with van der Waals surface area (Å²) in [7, 11) is 0. The highest BCUT2D eigenvalue weighted by Gasteiger charge is 2.22. The van der Waals surface area contributed by atoms with E-state index < -0.39 is 6.10 Å². The maximum atomic E-state index is 12.8. The molecule has 0 aliphatic heterocycles. The lowest BCUT2D eigenvalue weighted by molar-refractivity contribution is -0.128. The second-order valence-electron chi connectivity index (χ2n) is 7.02. The first-order chi connectivity index (χ1) is 13.9. The van der Waals surface area contributed by atoms with Crippen LogP contribution < -0.4 is 19.5 Å². The number of hydrogen-bond acceptors (Lipinski definition) is 4. The largest absolute Gasteiger partial charge is 0.490 e. The van der Waals surface area contributed by atoms with Crippen LogP contribution in [0.1, 0.15) is 56.8 Å². The van der Waals surface area contributed by atoms with Crippen molar-refractivity contribution in [3.63, 3.8) is 0 Å². The molecule has 5 heteroatoms. The molecule has 2 rings (SSSR count). The molecule has 0 saturated heterocycles. The van der Waals surface area contributed by atoms with Gasteiger partial charge in [0, 0.05) is 0 Å². The quantitative estimate of drug-likeness (QED) is 0.601. The van der Waals surface area contributed by atoms with Crippen LogP contribution in [0.15, 0.2) is 36.4 Å². The Kier molecular flexibility index (Phi) is 8.37. The molecule has 0 fully saturated rings. The number of aryl methyl sites for hydroxylation is 1. The van der Waals surface area contributed by atoms with E-state index in [9.17, 15) is 4.79 Å². The van der Waals surface area contributed by atoms with Gasteiger partial charge in [-0.3, -0.25) is 4.79 Å². The molecule has 0 spiro atoms. The standard InChI is InChI=1S/C24H33NO4/c1-7-20(29-21-12-10-11-16(4)17(21)5)24(26)25-18(6)19-13-14-22(27-8-2)23(15-19)28-9-3/h10-15,18,20H,7-9H2,1-6H3,(H,25,26)/t18-,20-/m0/s1. The first kappa shape index (κ1) is 22.6. The minimum atomic E-state index is -0.549. The molecular formula is C24H33NO4. The van der Waals surface area contributed by atoms with Crippen LogP contribution in [0.5, 0.6) is 17.2 Å². The molecule has 0 saturated carbocycles. The Labute approximate surface area is 174 Å². The van der Waals surface area contributed by atoms with Gasteiger partial charge in [0.25, 0.3) is 5.91 Å². The highest BCUT2D eigenvalue weighted by molar-refractivity contribution is 5.81. The fourth-order valence-corrected chi connectivity index (χ4v) is 3.05. The van der Waals surface area contributed by atoms with Crippen LogP contribution in [0.4, 0.5) is 0 Å². The zero-order valence-corrected chi connectivity index (χ0v) is 18.4. The van der Waals surface area contributed by atoms with Crippen molar-refractivity contribution in [2.45, 2.75) is 60.1 Å². The number of carbonyl (C=O) groups excluding carboxylic acids is 1. The molecule has 2 aromatic carbocycles. The van der Waals surface area contributed by atoms with E-state index in [1.165, 1.54) is 0 Å². The molecule has 0 aliphatic carbocycles. The number of nitrogens with one attached hydrogen (secondary N) is 1. The zero-order valence-electron chi connectivity index (χ0n) is 18.4. The van der Waals surface area contributed by atoms with Gasteiger partial charge in [0.1, 0.15) is 5.75 Å². The van der Waals surface area contributed by atoms with Crippen LogP contribution in [-0.4, -0.2) is 25.2 Å². The average Bonchev–Trinajstić information content (AvgIpc) is 2.70. The third-order valence-electron chi connectivity index (χ3n) is 4.91. The Morgan fingerprint density at radius 3 is 2.31 bits per heavy atom. The highest BCUT2D eigenvalue weighted by Crippen LogP contribution is 2.31. The van der Waals surface area contributed by atoms with Crippen LogP contribution in [-0.2, 0) is 4.79 Å². The summed E-state index contributed by atoms with van der Waals surface area (Å²) in [6.07, 6.45) is 0.0337. The van der Waals surface area contributed by atoms with Crippen molar-refractivity contribution in [2.75, 3.05) is 13.2 Å². The van der Waals surface area contributed by atoms with Gasteiger partial charge in [-0.05, 0) is 75.9 Å². The molecule has 0 bridgehead atoms. The normalized spacial score (nSPS) is 12.8. The molecule has 2 aromatic rings. The van der Waals surface area contributed by atoms with E-state index >= 15 is 0 Å². The molecule has 0 radical (unpaired) electrons. The van der Waals surface area contributed by atoms with E-state index in [0.29, 0.717) is 31.1 Å². The molecule has 1 amide bonds. The van der Waals surface area contributed by atoms with Gasteiger partial charge >= 0.3 is 0 Å². The van der Waals surface area contributed by atoms with Crippen molar-refractivity contribution in [3.8, 4) is 17.2 Å². The molecule has 29 heavy (non-hydrogen) atoms. The molecular weight excluding hydrogens is 366 g/mol. The molecule has 0 unspecified atom stereocenters. The van der Waals surface area contributed by atoms with Gasteiger partial charge in [-0.15, -0.1) is 0 Å². The summed E-state index contributed by atoms with van der Waals surface area (Å²) >= 11 is 0. The molecule has 2 atom stereocenters. The van der Waals surface area contributed by atoms with Crippen molar-refractivity contribution in [1.29, 1.82) is 0 Å². The van der Waals surface area contributed by atoms with Gasteiger partial charge in [0.15, 0.2) is 17.6 Å². The Balaban J connectivity index is 2.11. The van der Waals surface area contributed by atoms with Crippen LogP contribution in [0.2, 0.25) is 0 Å². The van der Waals surface area contributed by atoms with Crippen LogP contribution in [0.25, 0.3) is 0 Å². The molecule has 5 nitrogen and oxygen atoms in total. The summed E-state index contributed by atoms with van der Waals surface area (Å²) in [5.74, 6) is 2.01. The predicted octanol–water partition coefficient (Wildman–Crippen LogP) is 5.14. The topological polar surface area (TPSA) is 56.8 Å². The second-order valence-corrected chi connectivity index (χ2v) is 7.02. The van der Waals surface area contributed by atoms with Crippen LogP contribution >= 0.6 is 0 Å². The van der Waals surface area contributed by atoms with Gasteiger partial charge < -0.3 is 19.5 Å². The number of amides is 1. The first-order valence-electron chi connectivity index (χ1n) is 10.3. The first-order valence-corrected chi connectivity index (χ1v) is 10.3. The van der Waals surface area contributed by atoms with Crippen molar-refractivity contribution in [3.05, 3.63) is 53.1 Å². The van der Waals surface area contributed by atoms with Gasteiger partial charge in [-0.1, -0.05) is 25.1 Å². The van der Waals surface area contributed by atoms with Crippen LogP contribution in [0, 0.1) is 13.8 Å². The zero-order chi connectivity index (χ0) is 21.4. The summed E-state index contributed by atoms with van der Waals surface area (Å²) in [4.78, 5) is 12.8. The van der Waals surface area contributed by atoms with E-state index in [2.05, 4.69) is 5.32 Å². The minimum Gasteiger partial charge on any atom is -0.490 e. The Hall–Kier alpha value is -2.69. The Morgan fingerprint density at radius 1 is 0.966 bits per heavy atom. The van der Waals surface area contributed by atoms with Gasteiger partial charge in [0.2, 0.25) is 0 Å². The number of ether oxygens (including phenoxy) is 3. The van der Waals surface area contributed by atoms with Gasteiger partial charge in [0.05, 0.1) is 19.3 Å². The summed E-state index contributed by atoms with van der Waals surface area (Å²) in [6.45, 7) is 12.9. The Morgan fingerprint density at radius 2 is 1.66 bits per heavy atom. The maximum absolute atomic E-state index is 12.8. The van der Waals surface area contributed by atoms with Gasteiger partial charge in [-0.2, -0.15) is 0 Å². The monoisotopic (exact) mass is 399 g/mol. The summed E-state index contributed by atoms with van der Waals surface area (Å²) in [5, 5.41) is 3.06. The molecule has 0 heterocycles. The average molecular weight is 400 g/mol. The predicted molar refractivity (Wildman–Crippen MR) is 116 cm³/mol. The number of rotatable bonds is 10. The Bertz CT molecular complexity index is 819. The second kappa shape index (κ2) is 10.7. The summed E-state index contributed by atoms with van der Waals surface area (Å²) in [5.41, 5.74) is 3.15. The third kappa shape index (κ3) is 5.89. The van der Waals surface area contributed by atoms with E-state index in [1.807, 2.05) is 77.9 Å². The van der Waals surface area contributed by atoms with Crippen molar-refractivity contribution >= 4 is 5.91 Å². The van der Waals surface area contributed by atoms with Crippen LogP contribution in [0.3, 0.4) is 0 Å². The lowest BCUT2D eigenvalue weighted by Gasteiger charge is -2.22. The summed E-state index contributed by atoms with van der Waals surface area (Å²) < 4.78 is 17.3. The maximum Gasteiger partial charge on any atom is 0.261 e. The fraction of sp³-hybridized carbons (Fsp3) is 0.458. The third-order valence-corrected chi connectivity index (χ3v) is 4.91. The van der Waals surface area contributed by atoms with E-state index in [4.69, 9.17) is 14.2 Å². The van der Waals surface area contributed by atoms with E-state index in [1.54, 1.807) is 0 Å². The number of carbonyl (C=O) groups is 1.